The van der Waals surface area contributed by atoms with Crippen molar-refractivity contribution in [2.45, 2.75) is 110 Å². The number of carboxylic acids is 1. The van der Waals surface area contributed by atoms with E-state index in [0.717, 1.165) is 12.8 Å². The van der Waals surface area contributed by atoms with E-state index < -0.39 is 28.5 Å². The van der Waals surface area contributed by atoms with Crippen molar-refractivity contribution >= 4 is 42.5 Å². The number of para-hydroxylation sites is 1. The van der Waals surface area contributed by atoms with Crippen LogP contribution in [-0.4, -0.2) is 34.7 Å². The van der Waals surface area contributed by atoms with Gasteiger partial charge in [0.05, 0.1) is 6.42 Å². The molecule has 0 aliphatic rings. The molecule has 1 rings (SSSR count). The topological polar surface area (TPSA) is 183 Å². The molecule has 12 heteroatoms. The number of nitrogens with two attached hydrogens (primary N) is 2. The number of rotatable bonds is 19. The summed E-state index contributed by atoms with van der Waals surface area (Å²) in [5, 5.41) is 21.8. The largest absolute Gasteiger partial charge is 0.693 e. The second kappa shape index (κ2) is 36.6. The van der Waals surface area contributed by atoms with Crippen LogP contribution in [0.15, 0.2) is 30.3 Å². The van der Waals surface area contributed by atoms with E-state index in [2.05, 4.69) is 17.6 Å². The van der Waals surface area contributed by atoms with Crippen molar-refractivity contribution in [1.29, 1.82) is 0 Å². The third-order valence-corrected chi connectivity index (χ3v) is 5.43. The van der Waals surface area contributed by atoms with E-state index in [-0.39, 0.29) is 31.0 Å². The number of aliphatic carboxylic acids is 1. The number of hydrogen-bond acceptors (Lipinski definition) is 3. The van der Waals surface area contributed by atoms with Gasteiger partial charge in [-0.2, -0.15) is 0 Å². The third-order valence-electron chi connectivity index (χ3n) is 5.43. The Morgan fingerprint density at radius 3 is 1.51 bits per heavy atom. The van der Waals surface area contributed by atoms with Crippen LogP contribution in [-0.2, 0) is 26.1 Å². The first-order valence-corrected chi connectivity index (χ1v) is 18.9. The monoisotopic (exact) mass is 775 g/mol. The zero-order valence-electron chi connectivity index (χ0n) is 23.3. The molecule has 8 N–H and O–H groups in total. The van der Waals surface area contributed by atoms with Gasteiger partial charge >= 0.3 is 47.4 Å². The van der Waals surface area contributed by atoms with Crippen LogP contribution in [0.1, 0.15) is 110 Å². The molecule has 0 atom stereocenters. The van der Waals surface area contributed by atoms with Crippen LogP contribution in [0.5, 0.6) is 0 Å². The Labute approximate surface area is 252 Å². The zero-order chi connectivity index (χ0) is 28.0. The molecule has 0 spiro atoms. The van der Waals surface area contributed by atoms with Gasteiger partial charge in [-0.05, 0) is 18.6 Å². The Morgan fingerprint density at radius 2 is 1.13 bits per heavy atom. The van der Waals surface area contributed by atoms with Gasteiger partial charge in [0.15, 0.2) is 0 Å². The van der Waals surface area contributed by atoms with Crippen LogP contribution in [0.4, 0.5) is 10.5 Å². The summed E-state index contributed by atoms with van der Waals surface area (Å²) in [4.78, 5) is 31.5. The van der Waals surface area contributed by atoms with Crippen molar-refractivity contribution in [3.8, 4) is 0 Å². The summed E-state index contributed by atoms with van der Waals surface area (Å²) in [5.41, 5.74) is 0.683. The number of nitrogens with one attached hydrogen (secondary N) is 2. The summed E-state index contributed by atoms with van der Waals surface area (Å²) in [6, 6.07) is 8.93. The van der Waals surface area contributed by atoms with Crippen molar-refractivity contribution in [2.24, 2.45) is 0 Å². The fraction of sp³-hybridized carbons (Fsp3) is 0.667. The molecule has 0 aromatic heterocycles. The normalized spacial score (nSPS) is 9.41. The quantitative estimate of drug-likeness (QED) is 0.102. The van der Waals surface area contributed by atoms with Gasteiger partial charge in [-0.25, -0.2) is 4.79 Å². The maximum atomic E-state index is 11.1. The summed E-state index contributed by atoms with van der Waals surface area (Å²) in [6.07, 6.45) is 17.6. The van der Waals surface area contributed by atoms with Crippen molar-refractivity contribution in [3.05, 3.63) is 42.6 Å². The average Bonchev–Trinajstić information content (AvgIpc) is 2.86. The smallest absolute Gasteiger partial charge is 0.693 e. The van der Waals surface area contributed by atoms with Gasteiger partial charge in [0.1, 0.15) is 0 Å². The molecule has 39 heavy (non-hydrogen) atoms. The van der Waals surface area contributed by atoms with Gasteiger partial charge < -0.3 is 33.1 Å². The molecule has 0 saturated carbocycles. The zero-order valence-corrected chi connectivity index (χ0v) is 27.0. The number of anilines is 1. The summed E-state index contributed by atoms with van der Waals surface area (Å²) in [6.45, 7) is 2.87. The molecule has 0 heterocycles. The number of carboxylic acid groups (broad SMARTS) is 2. The van der Waals surface area contributed by atoms with E-state index in [1.807, 2.05) is 6.07 Å². The number of carbonyl (C=O) groups excluding carboxylic acids is 1. The van der Waals surface area contributed by atoms with Crippen molar-refractivity contribution in [3.63, 3.8) is 0 Å². The molecule has 0 aliphatic carbocycles. The Balaban J connectivity index is -0.000000283. The number of benzene rings is 1. The molecule has 1 aromatic carbocycles. The second-order valence-electron chi connectivity index (χ2n) is 8.68. The summed E-state index contributed by atoms with van der Waals surface area (Å²) in [7, 11) is 9.75. The maximum absolute atomic E-state index is 11.1. The number of amides is 2. The molecule has 1 aromatic rings. The Bertz CT molecular complexity index is 677. The fourth-order valence-electron chi connectivity index (χ4n) is 3.48. The molecule has 9 nitrogen and oxygen atoms in total. The Hall–Kier alpha value is -1.38. The molecule has 0 bridgehead atoms. The minimum atomic E-state index is -0.965. The first-order valence-electron chi connectivity index (χ1n) is 13.2. The van der Waals surface area contributed by atoms with Gasteiger partial charge in [-0.1, -0.05) is 109 Å². The molecule has 0 fully saturated rings. The van der Waals surface area contributed by atoms with Crippen molar-refractivity contribution in [1.82, 2.24) is 5.32 Å². The molecule has 232 valence electrons. The second-order valence-corrected chi connectivity index (χ2v) is 12.0. The van der Waals surface area contributed by atoms with E-state index >= 15 is 0 Å². The minimum Gasteiger partial charge on any atom is -0.693 e. The molecule has 0 unspecified atom stereocenters. The first kappa shape index (κ1) is 44.6. The average molecular weight is 777 g/mol. The van der Waals surface area contributed by atoms with E-state index in [1.54, 1.807) is 24.3 Å². The van der Waals surface area contributed by atoms with E-state index in [9.17, 15) is 14.4 Å². The standard InChI is InChI=1S/C17H35NO2.C10H11NO3.2ClH.2H2N.Pt/c1-2-3-4-5-6-7-8-9-10-11-12-13-14-15-16-18-17(19)20;12-9(6-7-10(13)14)11-8-4-2-1-3-5-8;;;;;/h18H,2-16H2,1H3,(H,19,20);1-5H,6-7H2,(H,11,12)(H,13,14);2*1H;2*1H2;/q;;;;2*-1;+4/p-2. The van der Waals surface area contributed by atoms with Gasteiger partial charge in [-0.3, -0.25) is 9.59 Å². The Morgan fingerprint density at radius 1 is 0.718 bits per heavy atom. The van der Waals surface area contributed by atoms with Crippen molar-refractivity contribution < 1.29 is 41.1 Å². The van der Waals surface area contributed by atoms with Crippen LogP contribution in [0.25, 0.3) is 12.3 Å². The van der Waals surface area contributed by atoms with Gasteiger partial charge in [0, 0.05) is 18.7 Å². The van der Waals surface area contributed by atoms with Gasteiger partial charge in [0.2, 0.25) is 5.91 Å². The SMILES string of the molecule is CCCCCCCCCCCCCCCCNC(=O)O.O=C(O)CCC(=O)Nc1ccccc1.[Cl][Pt+2][Cl].[NH2-].[NH2-]. The molecule has 0 radical (unpaired) electrons. The van der Waals surface area contributed by atoms with Crippen LogP contribution < -0.4 is 10.6 Å². The number of hydrogen-bond donors (Lipinski definition) is 4. The van der Waals surface area contributed by atoms with Crippen LogP contribution in [0.3, 0.4) is 0 Å². The molecular weight excluding hydrogens is 726 g/mol. The van der Waals surface area contributed by atoms with Crippen LogP contribution in [0, 0.1) is 0 Å². The van der Waals surface area contributed by atoms with E-state index in [4.69, 9.17) is 29.0 Å². The first-order chi connectivity index (χ1) is 17.9. The van der Waals surface area contributed by atoms with Crippen LogP contribution >= 0.6 is 18.8 Å². The summed E-state index contributed by atoms with van der Waals surface area (Å²) < 4.78 is 0. The molecule has 2 amide bonds. The van der Waals surface area contributed by atoms with Crippen molar-refractivity contribution in [2.75, 3.05) is 11.9 Å². The molecular formula is C27H50Cl2N4O5Pt. The van der Waals surface area contributed by atoms with Gasteiger partial charge in [-0.15, -0.1) is 0 Å². The molecule has 0 aliphatic heterocycles. The number of halogens is 2. The third kappa shape index (κ3) is 41.2. The van der Waals surface area contributed by atoms with E-state index in [0.29, 0.717) is 12.2 Å². The van der Waals surface area contributed by atoms with Gasteiger partial charge in [0.25, 0.3) is 0 Å². The number of unbranched alkanes of at least 4 members (excludes halogenated alkanes) is 13. The molecule has 0 saturated heterocycles. The predicted molar refractivity (Wildman–Crippen MR) is 161 cm³/mol. The Kier molecular flexibility index (Phi) is 41.9. The minimum absolute atomic E-state index is 0. The summed E-state index contributed by atoms with van der Waals surface area (Å²) in [5.74, 6) is -1.24. The fourth-order valence-corrected chi connectivity index (χ4v) is 3.48. The maximum Gasteiger partial charge on any atom is -0.693 e. The summed E-state index contributed by atoms with van der Waals surface area (Å²) >= 11 is -0.472. The van der Waals surface area contributed by atoms with Crippen LogP contribution in [0.2, 0.25) is 0 Å². The number of carbonyl (C=O) groups is 3. The van der Waals surface area contributed by atoms with E-state index in [1.165, 1.54) is 77.0 Å². The predicted octanol–water partition coefficient (Wildman–Crippen LogP) is 10.0.